The number of H-pyrrole nitrogens is 1. The molecule has 5 nitrogen and oxygen atoms in total. The molecule has 0 saturated heterocycles. The molecule has 0 saturated carbocycles. The third kappa shape index (κ3) is 4.84. The van der Waals surface area contributed by atoms with Crippen LogP contribution >= 0.6 is 24.8 Å². The van der Waals surface area contributed by atoms with E-state index in [-0.39, 0.29) is 55.0 Å². The van der Waals surface area contributed by atoms with Gasteiger partial charge in [0.2, 0.25) is 5.91 Å². The Labute approximate surface area is 134 Å². The van der Waals surface area contributed by atoms with Crippen LogP contribution in [0, 0.1) is 11.7 Å². The Morgan fingerprint density at radius 3 is 2.71 bits per heavy atom. The van der Waals surface area contributed by atoms with Crippen LogP contribution in [0.1, 0.15) is 19.7 Å². The van der Waals surface area contributed by atoms with E-state index in [1.54, 1.807) is 19.9 Å². The highest BCUT2D eigenvalue weighted by atomic mass is 35.5. The van der Waals surface area contributed by atoms with Gasteiger partial charge in [-0.1, -0.05) is 6.92 Å². The number of carbonyl (C=O) groups excluding carboxylic acids is 1. The molecule has 4 N–H and O–H groups in total. The molecule has 0 fully saturated rings. The number of aromatic nitrogens is 2. The molecular formula is C13H19Cl2FN4O. The first-order valence-electron chi connectivity index (χ1n) is 6.15. The molecule has 2 atom stereocenters. The number of rotatable bonds is 4. The van der Waals surface area contributed by atoms with Crippen LogP contribution in [-0.2, 0) is 11.3 Å². The maximum Gasteiger partial charge on any atom is 0.224 e. The van der Waals surface area contributed by atoms with Crippen LogP contribution in [0.4, 0.5) is 4.39 Å². The third-order valence-corrected chi connectivity index (χ3v) is 3.13. The molecule has 21 heavy (non-hydrogen) atoms. The zero-order chi connectivity index (χ0) is 14.0. The molecule has 0 aliphatic rings. The molecule has 1 amide bonds. The maximum atomic E-state index is 13.0. The standard InChI is InChI=1S/C13H17FN4O.2ClH/c1-7(8(2)15)13(19)16-6-12-17-10-4-3-9(14)5-11(10)18-12;;/h3-5,7-8H,6,15H2,1-2H3,(H,16,19)(H,17,18);2*1H. The second kappa shape index (κ2) is 8.17. The summed E-state index contributed by atoms with van der Waals surface area (Å²) in [5.74, 6) is -0.119. The van der Waals surface area contributed by atoms with E-state index < -0.39 is 0 Å². The van der Waals surface area contributed by atoms with Gasteiger partial charge < -0.3 is 16.0 Å². The second-order valence-corrected chi connectivity index (χ2v) is 4.71. The van der Waals surface area contributed by atoms with Crippen LogP contribution in [0.3, 0.4) is 0 Å². The lowest BCUT2D eigenvalue weighted by Gasteiger charge is -2.14. The SMILES string of the molecule is CC(N)C(C)C(=O)NCc1nc2ccc(F)cc2[nH]1.Cl.Cl. The van der Waals surface area contributed by atoms with Crippen molar-refractivity contribution in [1.29, 1.82) is 0 Å². The first-order valence-corrected chi connectivity index (χ1v) is 6.15. The maximum absolute atomic E-state index is 13.0. The molecule has 1 aromatic heterocycles. The van der Waals surface area contributed by atoms with Crippen molar-refractivity contribution in [3.05, 3.63) is 29.8 Å². The Bertz CT molecular complexity index is 603. The fourth-order valence-corrected chi connectivity index (χ4v) is 1.69. The van der Waals surface area contributed by atoms with Gasteiger partial charge in [0.25, 0.3) is 0 Å². The quantitative estimate of drug-likeness (QED) is 0.799. The summed E-state index contributed by atoms with van der Waals surface area (Å²) in [6, 6.07) is 4.11. The van der Waals surface area contributed by atoms with E-state index in [9.17, 15) is 9.18 Å². The van der Waals surface area contributed by atoms with Crippen molar-refractivity contribution in [3.63, 3.8) is 0 Å². The largest absolute Gasteiger partial charge is 0.349 e. The van der Waals surface area contributed by atoms with Gasteiger partial charge in [0.15, 0.2) is 0 Å². The molecule has 0 bridgehead atoms. The molecule has 0 aliphatic heterocycles. The molecule has 0 aliphatic carbocycles. The normalized spacial score (nSPS) is 13.0. The van der Waals surface area contributed by atoms with Gasteiger partial charge in [-0.2, -0.15) is 0 Å². The molecule has 0 spiro atoms. The number of aromatic amines is 1. The van der Waals surface area contributed by atoms with E-state index in [0.29, 0.717) is 16.9 Å². The predicted molar refractivity (Wildman–Crippen MR) is 85.2 cm³/mol. The first-order chi connectivity index (χ1) is 8.97. The second-order valence-electron chi connectivity index (χ2n) is 4.71. The molecule has 2 aromatic rings. The first kappa shape index (κ1) is 19.6. The third-order valence-electron chi connectivity index (χ3n) is 3.13. The number of hydrogen-bond donors (Lipinski definition) is 3. The summed E-state index contributed by atoms with van der Waals surface area (Å²) in [5.41, 5.74) is 6.95. The van der Waals surface area contributed by atoms with Crippen molar-refractivity contribution in [2.45, 2.75) is 26.4 Å². The highest BCUT2D eigenvalue weighted by Gasteiger charge is 2.16. The number of nitrogens with zero attached hydrogens (tertiary/aromatic N) is 1. The van der Waals surface area contributed by atoms with E-state index in [4.69, 9.17) is 5.73 Å². The number of halogens is 3. The van der Waals surface area contributed by atoms with Crippen molar-refractivity contribution in [3.8, 4) is 0 Å². The molecule has 2 rings (SSSR count). The average Bonchev–Trinajstić information content (AvgIpc) is 2.76. The van der Waals surface area contributed by atoms with Crippen molar-refractivity contribution in [2.75, 3.05) is 0 Å². The summed E-state index contributed by atoms with van der Waals surface area (Å²) in [7, 11) is 0. The van der Waals surface area contributed by atoms with E-state index in [1.165, 1.54) is 12.1 Å². The van der Waals surface area contributed by atoms with Crippen LogP contribution in [-0.4, -0.2) is 21.9 Å². The Morgan fingerprint density at radius 1 is 1.43 bits per heavy atom. The monoisotopic (exact) mass is 336 g/mol. The van der Waals surface area contributed by atoms with Gasteiger partial charge in [-0.3, -0.25) is 4.79 Å². The van der Waals surface area contributed by atoms with Gasteiger partial charge in [0, 0.05) is 12.0 Å². The summed E-state index contributed by atoms with van der Waals surface area (Å²) < 4.78 is 13.0. The highest BCUT2D eigenvalue weighted by Crippen LogP contribution is 2.12. The highest BCUT2D eigenvalue weighted by molar-refractivity contribution is 5.85. The van der Waals surface area contributed by atoms with Crippen molar-refractivity contribution in [2.24, 2.45) is 11.7 Å². The molecule has 1 heterocycles. The topological polar surface area (TPSA) is 83.8 Å². The number of nitrogens with two attached hydrogens (primary N) is 1. The molecule has 1 aromatic carbocycles. The van der Waals surface area contributed by atoms with Crippen LogP contribution in [0.2, 0.25) is 0 Å². The Balaban J connectivity index is 0.00000200. The lowest BCUT2D eigenvalue weighted by atomic mass is 10.0. The number of benzene rings is 1. The Morgan fingerprint density at radius 2 is 2.10 bits per heavy atom. The van der Waals surface area contributed by atoms with Crippen molar-refractivity contribution < 1.29 is 9.18 Å². The van der Waals surface area contributed by atoms with Gasteiger partial charge >= 0.3 is 0 Å². The van der Waals surface area contributed by atoms with Crippen LogP contribution < -0.4 is 11.1 Å². The minimum atomic E-state index is -0.322. The number of nitrogens with one attached hydrogen (secondary N) is 2. The fourth-order valence-electron chi connectivity index (χ4n) is 1.69. The van der Waals surface area contributed by atoms with Gasteiger partial charge in [-0.05, 0) is 25.1 Å². The van der Waals surface area contributed by atoms with E-state index in [1.807, 2.05) is 0 Å². The zero-order valence-corrected chi connectivity index (χ0v) is 13.4. The summed E-state index contributed by atoms with van der Waals surface area (Å²) in [6.45, 7) is 3.83. The van der Waals surface area contributed by atoms with Gasteiger partial charge in [-0.25, -0.2) is 9.37 Å². The number of carbonyl (C=O) groups is 1. The number of amides is 1. The van der Waals surface area contributed by atoms with Crippen LogP contribution in [0.25, 0.3) is 11.0 Å². The number of imidazole rings is 1. The zero-order valence-electron chi connectivity index (χ0n) is 11.7. The van der Waals surface area contributed by atoms with E-state index in [0.717, 1.165) is 0 Å². The average molecular weight is 337 g/mol. The van der Waals surface area contributed by atoms with Crippen LogP contribution in [0.15, 0.2) is 18.2 Å². The summed E-state index contributed by atoms with van der Waals surface area (Å²) in [5, 5.41) is 2.75. The predicted octanol–water partition coefficient (Wildman–Crippen LogP) is 2.15. The summed E-state index contributed by atoms with van der Waals surface area (Å²) >= 11 is 0. The van der Waals surface area contributed by atoms with Crippen molar-refractivity contribution in [1.82, 2.24) is 15.3 Å². The smallest absolute Gasteiger partial charge is 0.224 e. The molecular weight excluding hydrogens is 318 g/mol. The molecule has 0 radical (unpaired) electrons. The van der Waals surface area contributed by atoms with E-state index in [2.05, 4.69) is 15.3 Å². The minimum absolute atomic E-state index is 0. The minimum Gasteiger partial charge on any atom is -0.349 e. The number of hydrogen-bond acceptors (Lipinski definition) is 3. The molecule has 8 heteroatoms. The molecule has 2 unspecified atom stereocenters. The van der Waals surface area contributed by atoms with Gasteiger partial charge in [0.05, 0.1) is 17.6 Å². The fraction of sp³-hybridized carbons (Fsp3) is 0.385. The number of fused-ring (bicyclic) bond motifs is 1. The van der Waals surface area contributed by atoms with Crippen LogP contribution in [0.5, 0.6) is 0 Å². The lowest BCUT2D eigenvalue weighted by molar-refractivity contribution is -0.125. The summed E-state index contributed by atoms with van der Waals surface area (Å²) in [4.78, 5) is 19.0. The van der Waals surface area contributed by atoms with E-state index >= 15 is 0 Å². The summed E-state index contributed by atoms with van der Waals surface area (Å²) in [6.07, 6.45) is 0. The molecule has 118 valence electrons. The van der Waals surface area contributed by atoms with Crippen molar-refractivity contribution >= 4 is 41.8 Å². The Kier molecular flexibility index (Phi) is 7.63. The van der Waals surface area contributed by atoms with Gasteiger partial charge in [0.1, 0.15) is 11.6 Å². The van der Waals surface area contributed by atoms with Gasteiger partial charge in [-0.15, -0.1) is 24.8 Å². The Hall–Kier alpha value is -1.37. The lowest BCUT2D eigenvalue weighted by Crippen LogP contribution is -2.38.